The van der Waals surface area contributed by atoms with Crippen LogP contribution in [0.5, 0.6) is 11.5 Å². The normalized spacial score (nSPS) is 10.8. The van der Waals surface area contributed by atoms with E-state index in [-0.39, 0.29) is 12.3 Å². The van der Waals surface area contributed by atoms with Gasteiger partial charge in [0.15, 0.2) is 0 Å². The number of nitrogens with one attached hydrogen (secondary N) is 1. The summed E-state index contributed by atoms with van der Waals surface area (Å²) < 4.78 is 29.9. The molecule has 0 saturated carbocycles. The summed E-state index contributed by atoms with van der Waals surface area (Å²) in [7, 11) is 1.47. The van der Waals surface area contributed by atoms with Crippen molar-refractivity contribution in [2.75, 3.05) is 25.1 Å². The highest BCUT2D eigenvalue weighted by Crippen LogP contribution is 2.29. The van der Waals surface area contributed by atoms with E-state index in [0.29, 0.717) is 24.5 Å². The van der Waals surface area contributed by atoms with Crippen molar-refractivity contribution in [3.05, 3.63) is 54.3 Å². The van der Waals surface area contributed by atoms with Gasteiger partial charge in [-0.05, 0) is 51.5 Å². The largest absolute Gasteiger partial charge is 0.491 e. The molecule has 0 atom stereocenters. The number of halogens is 1. The van der Waals surface area contributed by atoms with Crippen LogP contribution in [0.4, 0.5) is 19.7 Å². The summed E-state index contributed by atoms with van der Waals surface area (Å²) in [5, 5.41) is 2.63. The Morgan fingerprint density at radius 3 is 2.47 bits per heavy atom. The SMILES string of the molecule is CN(C(=O)Oc1ccccc1)c1cc(F)ccc1OCCCNC(=O)OC(C)(C)C. The molecule has 7 nitrogen and oxygen atoms in total. The lowest BCUT2D eigenvalue weighted by atomic mass is 10.2. The molecule has 8 heteroatoms. The minimum Gasteiger partial charge on any atom is -0.491 e. The zero-order valence-corrected chi connectivity index (χ0v) is 17.6. The summed E-state index contributed by atoms with van der Waals surface area (Å²) in [4.78, 5) is 25.2. The first kappa shape index (κ1) is 23.0. The highest BCUT2D eigenvalue weighted by Gasteiger charge is 2.19. The number of carbonyl (C=O) groups excluding carboxylic acids is 2. The van der Waals surface area contributed by atoms with Gasteiger partial charge < -0.3 is 19.5 Å². The lowest BCUT2D eigenvalue weighted by molar-refractivity contribution is 0.0525. The molecule has 0 aliphatic rings. The standard InChI is InChI=1S/C22H27FN2O5/c1-22(2,3)30-20(26)24-13-8-14-28-19-12-11-16(23)15-18(19)25(4)21(27)29-17-9-6-5-7-10-17/h5-7,9-12,15H,8,13-14H2,1-4H3,(H,24,26). The maximum Gasteiger partial charge on any atom is 0.419 e. The van der Waals surface area contributed by atoms with Gasteiger partial charge in [-0.2, -0.15) is 0 Å². The van der Waals surface area contributed by atoms with Crippen molar-refractivity contribution in [2.24, 2.45) is 0 Å². The van der Waals surface area contributed by atoms with Crippen LogP contribution in [0.15, 0.2) is 48.5 Å². The molecular weight excluding hydrogens is 391 g/mol. The second-order valence-electron chi connectivity index (χ2n) is 7.48. The van der Waals surface area contributed by atoms with Crippen LogP contribution in [0.25, 0.3) is 0 Å². The summed E-state index contributed by atoms with van der Waals surface area (Å²) >= 11 is 0. The van der Waals surface area contributed by atoms with Crippen LogP contribution in [0.2, 0.25) is 0 Å². The van der Waals surface area contributed by atoms with Crippen molar-refractivity contribution in [2.45, 2.75) is 32.8 Å². The Bertz CT molecular complexity index is 852. The Morgan fingerprint density at radius 2 is 1.80 bits per heavy atom. The molecule has 0 aliphatic carbocycles. The second kappa shape index (κ2) is 10.5. The molecule has 0 aliphatic heterocycles. The molecule has 0 bridgehead atoms. The van der Waals surface area contributed by atoms with Crippen LogP contribution in [0.3, 0.4) is 0 Å². The summed E-state index contributed by atoms with van der Waals surface area (Å²) in [5.74, 6) is 0.186. The highest BCUT2D eigenvalue weighted by atomic mass is 19.1. The fourth-order valence-electron chi connectivity index (χ4n) is 2.39. The first-order chi connectivity index (χ1) is 14.2. The smallest absolute Gasteiger partial charge is 0.419 e. The van der Waals surface area contributed by atoms with Gasteiger partial charge in [-0.15, -0.1) is 0 Å². The lowest BCUT2D eigenvalue weighted by Gasteiger charge is -2.21. The van der Waals surface area contributed by atoms with Gasteiger partial charge >= 0.3 is 12.2 Å². The first-order valence-corrected chi connectivity index (χ1v) is 9.55. The molecule has 0 unspecified atom stereocenters. The number of ether oxygens (including phenoxy) is 3. The van der Waals surface area contributed by atoms with E-state index in [1.807, 2.05) is 0 Å². The van der Waals surface area contributed by atoms with Gasteiger partial charge in [-0.3, -0.25) is 4.90 Å². The van der Waals surface area contributed by atoms with Gasteiger partial charge in [-0.25, -0.2) is 14.0 Å². The number of anilines is 1. The van der Waals surface area contributed by atoms with Crippen LogP contribution in [-0.2, 0) is 4.74 Å². The Morgan fingerprint density at radius 1 is 1.10 bits per heavy atom. The molecule has 0 spiro atoms. The zero-order chi connectivity index (χ0) is 22.1. The molecule has 2 aromatic rings. The Kier molecular flexibility index (Phi) is 8.03. The average Bonchev–Trinajstić information content (AvgIpc) is 2.67. The molecule has 0 fully saturated rings. The van der Waals surface area contributed by atoms with E-state index in [4.69, 9.17) is 14.2 Å². The third-order valence-electron chi connectivity index (χ3n) is 3.75. The van der Waals surface area contributed by atoms with Gasteiger partial charge in [0.25, 0.3) is 0 Å². The number of rotatable bonds is 7. The molecule has 0 saturated heterocycles. The molecule has 0 aromatic heterocycles. The van der Waals surface area contributed by atoms with E-state index in [9.17, 15) is 14.0 Å². The predicted molar refractivity (Wildman–Crippen MR) is 112 cm³/mol. The van der Waals surface area contributed by atoms with E-state index in [2.05, 4.69) is 5.32 Å². The summed E-state index contributed by atoms with van der Waals surface area (Å²) in [6.45, 7) is 5.94. The fourth-order valence-corrected chi connectivity index (χ4v) is 2.39. The molecule has 2 aromatic carbocycles. The maximum atomic E-state index is 13.8. The topological polar surface area (TPSA) is 77.1 Å². The number of hydrogen-bond donors (Lipinski definition) is 1. The zero-order valence-electron chi connectivity index (χ0n) is 17.6. The number of alkyl carbamates (subject to hydrolysis) is 1. The minimum absolute atomic E-state index is 0.232. The monoisotopic (exact) mass is 418 g/mol. The van der Waals surface area contributed by atoms with E-state index >= 15 is 0 Å². The predicted octanol–water partition coefficient (Wildman–Crippen LogP) is 4.75. The van der Waals surface area contributed by atoms with Crippen molar-refractivity contribution in [3.63, 3.8) is 0 Å². The van der Waals surface area contributed by atoms with Crippen molar-refractivity contribution in [1.82, 2.24) is 5.32 Å². The van der Waals surface area contributed by atoms with Crippen LogP contribution < -0.4 is 19.7 Å². The minimum atomic E-state index is -0.678. The van der Waals surface area contributed by atoms with Gasteiger partial charge in [0, 0.05) is 19.7 Å². The molecule has 30 heavy (non-hydrogen) atoms. The molecule has 2 rings (SSSR count). The molecule has 2 amide bonds. The van der Waals surface area contributed by atoms with Gasteiger partial charge in [0.2, 0.25) is 0 Å². The van der Waals surface area contributed by atoms with Crippen LogP contribution in [-0.4, -0.2) is 38.0 Å². The number of hydrogen-bond acceptors (Lipinski definition) is 5. The van der Waals surface area contributed by atoms with Gasteiger partial charge in [0.1, 0.15) is 22.9 Å². The first-order valence-electron chi connectivity index (χ1n) is 9.55. The Hall–Kier alpha value is -3.29. The Balaban J connectivity index is 1.91. The number of amides is 2. The Labute approximate surface area is 175 Å². The number of carbonyl (C=O) groups is 2. The molecule has 0 radical (unpaired) electrons. The van der Waals surface area contributed by atoms with Crippen LogP contribution >= 0.6 is 0 Å². The van der Waals surface area contributed by atoms with Crippen LogP contribution in [0.1, 0.15) is 27.2 Å². The van der Waals surface area contributed by atoms with Gasteiger partial charge in [-0.1, -0.05) is 18.2 Å². The summed E-state index contributed by atoms with van der Waals surface area (Å²) in [6, 6.07) is 12.5. The highest BCUT2D eigenvalue weighted by molar-refractivity contribution is 5.90. The summed E-state index contributed by atoms with van der Waals surface area (Å²) in [5.41, 5.74) is -0.334. The van der Waals surface area contributed by atoms with Crippen molar-refractivity contribution in [1.29, 1.82) is 0 Å². The van der Waals surface area contributed by atoms with Crippen molar-refractivity contribution < 1.29 is 28.2 Å². The molecule has 162 valence electrons. The van der Waals surface area contributed by atoms with Gasteiger partial charge in [0.05, 0.1) is 12.3 Å². The molecule has 1 N–H and O–H groups in total. The van der Waals surface area contributed by atoms with Crippen molar-refractivity contribution >= 4 is 17.9 Å². The van der Waals surface area contributed by atoms with Crippen molar-refractivity contribution in [3.8, 4) is 11.5 Å². The maximum absolute atomic E-state index is 13.8. The molecular formula is C22H27FN2O5. The number of para-hydroxylation sites is 1. The van der Waals surface area contributed by atoms with E-state index in [1.54, 1.807) is 51.1 Å². The average molecular weight is 418 g/mol. The number of benzene rings is 2. The third-order valence-corrected chi connectivity index (χ3v) is 3.75. The van der Waals surface area contributed by atoms with E-state index in [1.165, 1.54) is 30.1 Å². The quantitative estimate of drug-likeness (QED) is 0.657. The second-order valence-corrected chi connectivity index (χ2v) is 7.48. The fraction of sp³-hybridized carbons (Fsp3) is 0.364. The van der Waals surface area contributed by atoms with E-state index < -0.39 is 23.6 Å². The third kappa shape index (κ3) is 7.62. The van der Waals surface area contributed by atoms with E-state index in [0.717, 1.165) is 0 Å². The van der Waals surface area contributed by atoms with Crippen LogP contribution in [0, 0.1) is 5.82 Å². The summed E-state index contributed by atoms with van der Waals surface area (Å²) in [6.07, 6.45) is -0.689. The number of nitrogens with zero attached hydrogens (tertiary/aromatic N) is 1. The lowest BCUT2D eigenvalue weighted by Crippen LogP contribution is -2.33. The molecule has 0 heterocycles.